The molecule has 1 amide bonds. The molecule has 0 fully saturated rings. The molecule has 0 aliphatic heterocycles. The molecule has 0 aromatic heterocycles. The van der Waals surface area contributed by atoms with Gasteiger partial charge >= 0.3 is 5.97 Å². The highest BCUT2D eigenvalue weighted by Crippen LogP contribution is 2.07. The molecule has 0 rings (SSSR count). The monoisotopic (exact) mass is 214 g/mol. The molecule has 0 aromatic rings. The van der Waals surface area contributed by atoms with E-state index in [1.165, 1.54) is 11.0 Å². The predicted octanol–water partition coefficient (Wildman–Crippen LogP) is 0.213. The molecule has 0 saturated heterocycles. The van der Waals surface area contributed by atoms with Gasteiger partial charge in [0.2, 0.25) is 5.91 Å². The summed E-state index contributed by atoms with van der Waals surface area (Å²) in [5.74, 6) is -1.31. The molecule has 3 N–H and O–H groups in total. The largest absolute Gasteiger partial charge is 0.480 e. The van der Waals surface area contributed by atoms with Crippen LogP contribution in [0.3, 0.4) is 0 Å². The summed E-state index contributed by atoms with van der Waals surface area (Å²) in [7, 11) is 0. The highest BCUT2D eigenvalue weighted by atomic mass is 16.4. The molecule has 5 nitrogen and oxygen atoms in total. The summed E-state index contributed by atoms with van der Waals surface area (Å²) in [6, 6.07) is 0. The lowest BCUT2D eigenvalue weighted by molar-refractivity contribution is -0.144. The normalized spacial score (nSPS) is 10.9. The lowest BCUT2D eigenvalue weighted by Crippen LogP contribution is -2.43. The molecule has 0 atom stereocenters. The number of rotatable bonds is 6. The van der Waals surface area contributed by atoms with Crippen molar-refractivity contribution in [2.45, 2.75) is 25.8 Å². The van der Waals surface area contributed by atoms with E-state index >= 15 is 0 Å². The average Bonchev–Trinajstić information content (AvgIpc) is 1.99. The lowest BCUT2D eigenvalue weighted by Gasteiger charge is -2.24. The van der Waals surface area contributed by atoms with E-state index in [9.17, 15) is 9.59 Å². The summed E-state index contributed by atoms with van der Waals surface area (Å²) < 4.78 is 0. The number of nitrogens with two attached hydrogens (primary N) is 1. The van der Waals surface area contributed by atoms with Gasteiger partial charge in [-0.25, -0.2) is 0 Å². The molecule has 0 aromatic carbocycles. The van der Waals surface area contributed by atoms with Crippen LogP contribution in [0.1, 0.15) is 20.3 Å². The summed E-state index contributed by atoms with van der Waals surface area (Å²) in [5.41, 5.74) is 5.05. The van der Waals surface area contributed by atoms with Crippen molar-refractivity contribution in [1.29, 1.82) is 0 Å². The number of hydrogen-bond donors (Lipinski definition) is 2. The standard InChI is InChI=1S/C10H18N2O3/c1-4-5-12(7-9(14)15)8(13)6-10(2,3)11/h4H,1,5-7,11H2,2-3H3,(H,14,15). The second kappa shape index (κ2) is 5.50. The number of carbonyl (C=O) groups excluding carboxylic acids is 1. The van der Waals surface area contributed by atoms with Crippen LogP contribution in [0.25, 0.3) is 0 Å². The van der Waals surface area contributed by atoms with Crippen molar-refractivity contribution < 1.29 is 14.7 Å². The highest BCUT2D eigenvalue weighted by Gasteiger charge is 2.22. The Morgan fingerprint density at radius 2 is 2.07 bits per heavy atom. The molecule has 5 heteroatoms. The third kappa shape index (κ3) is 6.68. The third-order valence-electron chi connectivity index (χ3n) is 1.64. The first-order chi connectivity index (χ1) is 6.76. The minimum Gasteiger partial charge on any atom is -0.480 e. The van der Waals surface area contributed by atoms with Crippen molar-refractivity contribution in [2.24, 2.45) is 5.73 Å². The van der Waals surface area contributed by atoms with Crippen LogP contribution in [-0.4, -0.2) is 40.5 Å². The topological polar surface area (TPSA) is 83.6 Å². The van der Waals surface area contributed by atoms with Gasteiger partial charge in [-0.2, -0.15) is 0 Å². The fourth-order valence-electron chi connectivity index (χ4n) is 1.08. The van der Waals surface area contributed by atoms with E-state index in [1.807, 2.05) is 0 Å². The maximum atomic E-state index is 11.6. The van der Waals surface area contributed by atoms with Crippen LogP contribution in [0.4, 0.5) is 0 Å². The maximum absolute atomic E-state index is 11.6. The maximum Gasteiger partial charge on any atom is 0.323 e. The molecule has 0 saturated carbocycles. The summed E-state index contributed by atoms with van der Waals surface area (Å²) in [5, 5.41) is 8.60. The van der Waals surface area contributed by atoms with Crippen LogP contribution < -0.4 is 5.73 Å². The van der Waals surface area contributed by atoms with Crippen LogP contribution in [0.15, 0.2) is 12.7 Å². The molecular weight excluding hydrogens is 196 g/mol. The molecule has 0 radical (unpaired) electrons. The first-order valence-electron chi connectivity index (χ1n) is 4.65. The van der Waals surface area contributed by atoms with Gasteiger partial charge in [-0.15, -0.1) is 6.58 Å². The van der Waals surface area contributed by atoms with E-state index in [1.54, 1.807) is 13.8 Å². The number of amides is 1. The van der Waals surface area contributed by atoms with Crippen molar-refractivity contribution in [1.82, 2.24) is 4.90 Å². The Balaban J connectivity index is 4.41. The van der Waals surface area contributed by atoms with E-state index < -0.39 is 11.5 Å². The van der Waals surface area contributed by atoms with E-state index in [0.717, 1.165) is 0 Å². The van der Waals surface area contributed by atoms with Crippen molar-refractivity contribution in [2.75, 3.05) is 13.1 Å². The minimum absolute atomic E-state index is 0.119. The van der Waals surface area contributed by atoms with Crippen molar-refractivity contribution in [3.05, 3.63) is 12.7 Å². The number of hydrogen-bond acceptors (Lipinski definition) is 3. The van der Waals surface area contributed by atoms with Crippen LogP contribution in [0, 0.1) is 0 Å². The molecule has 0 heterocycles. The SMILES string of the molecule is C=CCN(CC(=O)O)C(=O)CC(C)(C)N. The van der Waals surface area contributed by atoms with E-state index in [2.05, 4.69) is 6.58 Å². The number of carbonyl (C=O) groups is 2. The summed E-state index contributed by atoms with van der Waals surface area (Å²) in [4.78, 5) is 23.3. The molecule has 0 bridgehead atoms. The highest BCUT2D eigenvalue weighted by molar-refractivity contribution is 5.82. The molecule has 15 heavy (non-hydrogen) atoms. The Kier molecular flexibility index (Phi) is 5.00. The van der Waals surface area contributed by atoms with Crippen LogP contribution in [0.2, 0.25) is 0 Å². The number of carboxylic acids is 1. The van der Waals surface area contributed by atoms with Gasteiger partial charge in [0.25, 0.3) is 0 Å². The first-order valence-corrected chi connectivity index (χ1v) is 4.65. The molecular formula is C10H18N2O3. The van der Waals surface area contributed by atoms with Crippen LogP contribution in [-0.2, 0) is 9.59 Å². The summed E-state index contributed by atoms with van der Waals surface area (Å²) in [6.45, 7) is 6.81. The second-order valence-corrected chi connectivity index (χ2v) is 4.12. The van der Waals surface area contributed by atoms with Gasteiger partial charge in [0.05, 0.1) is 0 Å². The minimum atomic E-state index is -1.04. The summed E-state index contributed by atoms with van der Waals surface area (Å²) >= 11 is 0. The zero-order chi connectivity index (χ0) is 12.1. The molecule has 0 spiro atoms. The molecule has 0 unspecified atom stereocenters. The zero-order valence-electron chi connectivity index (χ0n) is 9.19. The zero-order valence-corrected chi connectivity index (χ0v) is 9.19. The Morgan fingerprint density at radius 3 is 2.40 bits per heavy atom. The molecule has 86 valence electrons. The Morgan fingerprint density at radius 1 is 1.53 bits per heavy atom. The Labute approximate surface area is 89.6 Å². The third-order valence-corrected chi connectivity index (χ3v) is 1.64. The Bertz CT molecular complexity index is 256. The van der Waals surface area contributed by atoms with Crippen molar-refractivity contribution in [3.8, 4) is 0 Å². The van der Waals surface area contributed by atoms with Gasteiger partial charge in [0.15, 0.2) is 0 Å². The van der Waals surface area contributed by atoms with Gasteiger partial charge in [0.1, 0.15) is 6.54 Å². The van der Waals surface area contributed by atoms with E-state index in [4.69, 9.17) is 10.8 Å². The van der Waals surface area contributed by atoms with Gasteiger partial charge < -0.3 is 15.7 Å². The van der Waals surface area contributed by atoms with E-state index in [-0.39, 0.29) is 25.4 Å². The van der Waals surface area contributed by atoms with Crippen LogP contribution in [0.5, 0.6) is 0 Å². The molecule has 0 aliphatic carbocycles. The van der Waals surface area contributed by atoms with Crippen molar-refractivity contribution in [3.63, 3.8) is 0 Å². The van der Waals surface area contributed by atoms with Gasteiger partial charge in [-0.3, -0.25) is 9.59 Å². The first kappa shape index (κ1) is 13.6. The smallest absolute Gasteiger partial charge is 0.323 e. The quantitative estimate of drug-likeness (QED) is 0.619. The number of carboxylic acid groups (broad SMARTS) is 1. The van der Waals surface area contributed by atoms with E-state index in [0.29, 0.717) is 0 Å². The van der Waals surface area contributed by atoms with Gasteiger partial charge in [0, 0.05) is 18.5 Å². The van der Waals surface area contributed by atoms with Gasteiger partial charge in [-0.1, -0.05) is 6.08 Å². The fraction of sp³-hybridized carbons (Fsp3) is 0.600. The molecule has 0 aliphatic rings. The number of aliphatic carboxylic acids is 1. The fourth-order valence-corrected chi connectivity index (χ4v) is 1.08. The predicted molar refractivity (Wildman–Crippen MR) is 57.3 cm³/mol. The average molecular weight is 214 g/mol. The van der Waals surface area contributed by atoms with Crippen molar-refractivity contribution >= 4 is 11.9 Å². The number of nitrogens with zero attached hydrogens (tertiary/aromatic N) is 1. The van der Waals surface area contributed by atoms with Gasteiger partial charge in [-0.05, 0) is 13.8 Å². The van der Waals surface area contributed by atoms with Crippen LogP contribution >= 0.6 is 0 Å². The Hall–Kier alpha value is -1.36. The second-order valence-electron chi connectivity index (χ2n) is 4.12. The summed E-state index contributed by atoms with van der Waals surface area (Å²) in [6.07, 6.45) is 1.61. The lowest BCUT2D eigenvalue weighted by atomic mass is 10.0.